The minimum Gasteiger partial charge on any atom is -0.353 e. The van der Waals surface area contributed by atoms with Crippen molar-refractivity contribution in [2.45, 2.75) is 19.8 Å². The van der Waals surface area contributed by atoms with Crippen LogP contribution in [0.2, 0.25) is 5.02 Å². The molecule has 3 aromatic rings. The van der Waals surface area contributed by atoms with Crippen molar-refractivity contribution >= 4 is 35.0 Å². The van der Waals surface area contributed by atoms with Gasteiger partial charge in [0.25, 0.3) is 0 Å². The van der Waals surface area contributed by atoms with Crippen LogP contribution in [0.5, 0.6) is 0 Å². The zero-order valence-electron chi connectivity index (χ0n) is 17.5. The second kappa shape index (κ2) is 9.75. The number of nitrogens with one attached hydrogen (secondary N) is 1. The first-order valence-corrected chi connectivity index (χ1v) is 10.7. The van der Waals surface area contributed by atoms with Crippen LogP contribution >= 0.6 is 11.6 Å². The minimum absolute atomic E-state index is 0.176. The molecular weight excluding hydrogens is 412 g/mol. The predicted octanol–water partition coefficient (Wildman–Crippen LogP) is 3.86. The average Bonchev–Trinajstić information content (AvgIpc) is 2.78. The Morgan fingerprint density at radius 1 is 1.03 bits per heavy atom. The Morgan fingerprint density at radius 2 is 1.84 bits per heavy atom. The molecule has 0 saturated carbocycles. The monoisotopic (exact) mass is 436 g/mol. The Bertz CT molecular complexity index is 1050. The molecule has 1 saturated heterocycles. The molecule has 7 nitrogen and oxygen atoms in total. The van der Waals surface area contributed by atoms with Crippen molar-refractivity contribution in [1.82, 2.24) is 19.9 Å². The molecule has 0 spiro atoms. The summed E-state index contributed by atoms with van der Waals surface area (Å²) in [4.78, 5) is 29.8. The van der Waals surface area contributed by atoms with Gasteiger partial charge in [-0.15, -0.1) is 0 Å². The summed E-state index contributed by atoms with van der Waals surface area (Å²) in [6, 6.07) is 13.5. The van der Waals surface area contributed by atoms with Crippen LogP contribution in [0.25, 0.3) is 0 Å². The Morgan fingerprint density at radius 3 is 2.61 bits per heavy atom. The van der Waals surface area contributed by atoms with Crippen molar-refractivity contribution in [3.63, 3.8) is 0 Å². The number of nitrogens with zero attached hydrogens (tertiary/aromatic N) is 5. The number of aromatic nitrogens is 3. The van der Waals surface area contributed by atoms with Gasteiger partial charge in [0, 0.05) is 49.9 Å². The molecule has 160 valence electrons. The van der Waals surface area contributed by atoms with E-state index in [0.717, 1.165) is 35.9 Å². The molecule has 0 atom stereocenters. The third-order valence-corrected chi connectivity index (χ3v) is 5.53. The first-order chi connectivity index (χ1) is 15.1. The van der Waals surface area contributed by atoms with E-state index in [0.29, 0.717) is 36.8 Å². The number of carbonyl (C=O) groups is 1. The van der Waals surface area contributed by atoms with E-state index in [9.17, 15) is 4.79 Å². The maximum absolute atomic E-state index is 12.6. The van der Waals surface area contributed by atoms with Crippen LogP contribution in [-0.2, 0) is 11.2 Å². The number of piperazine rings is 1. The smallest absolute Gasteiger partial charge is 0.223 e. The second-order valence-corrected chi connectivity index (χ2v) is 8.04. The molecule has 1 N–H and O–H groups in total. The number of carbonyl (C=O) groups excluding carboxylic acids is 1. The molecule has 0 bridgehead atoms. The number of anilines is 3. The molecule has 0 unspecified atom stereocenters. The zero-order valence-corrected chi connectivity index (χ0v) is 18.2. The predicted molar refractivity (Wildman–Crippen MR) is 123 cm³/mol. The maximum atomic E-state index is 12.6. The van der Waals surface area contributed by atoms with Gasteiger partial charge < -0.3 is 15.1 Å². The van der Waals surface area contributed by atoms with Gasteiger partial charge in [-0.25, -0.2) is 15.0 Å². The van der Waals surface area contributed by atoms with Crippen LogP contribution < -0.4 is 10.2 Å². The highest BCUT2D eigenvalue weighted by Crippen LogP contribution is 2.20. The Kier molecular flexibility index (Phi) is 6.62. The average molecular weight is 437 g/mol. The van der Waals surface area contributed by atoms with Gasteiger partial charge >= 0.3 is 0 Å². The van der Waals surface area contributed by atoms with Gasteiger partial charge in [-0.3, -0.25) is 4.79 Å². The molecular formula is C23H25ClN6O. The number of benzene rings is 1. The summed E-state index contributed by atoms with van der Waals surface area (Å²) in [7, 11) is 0. The van der Waals surface area contributed by atoms with Crippen molar-refractivity contribution in [3.05, 3.63) is 71.1 Å². The fourth-order valence-electron chi connectivity index (χ4n) is 3.61. The Labute approximate surface area is 187 Å². The van der Waals surface area contributed by atoms with Gasteiger partial charge in [-0.2, -0.15) is 0 Å². The number of amides is 1. The first kappa shape index (κ1) is 21.1. The molecule has 0 radical (unpaired) electrons. The highest BCUT2D eigenvalue weighted by atomic mass is 35.5. The Hall–Kier alpha value is -3.19. The van der Waals surface area contributed by atoms with E-state index >= 15 is 0 Å². The zero-order chi connectivity index (χ0) is 21.6. The minimum atomic E-state index is 0.176. The lowest BCUT2D eigenvalue weighted by molar-refractivity contribution is -0.131. The molecule has 8 heteroatoms. The number of halogens is 1. The second-order valence-electron chi connectivity index (χ2n) is 7.60. The lowest BCUT2D eigenvalue weighted by Gasteiger charge is -2.35. The van der Waals surface area contributed by atoms with Crippen molar-refractivity contribution in [2.24, 2.45) is 0 Å². The van der Waals surface area contributed by atoms with Gasteiger partial charge in [0.05, 0.1) is 0 Å². The first-order valence-electron chi connectivity index (χ1n) is 10.4. The molecule has 1 aliphatic heterocycles. The van der Waals surface area contributed by atoms with Crippen molar-refractivity contribution in [3.8, 4) is 0 Å². The SMILES string of the molecule is Cc1ccnc(Nc2cc(N3CCN(C(=O)CCc4cccc(Cl)c4)CC3)ncn2)c1. The van der Waals surface area contributed by atoms with Crippen LogP contribution in [-0.4, -0.2) is 51.9 Å². The lowest BCUT2D eigenvalue weighted by Crippen LogP contribution is -2.49. The number of pyridine rings is 1. The number of hydrogen-bond donors (Lipinski definition) is 1. The molecule has 0 aliphatic carbocycles. The summed E-state index contributed by atoms with van der Waals surface area (Å²) < 4.78 is 0. The number of aryl methyl sites for hydroxylation is 2. The summed E-state index contributed by atoms with van der Waals surface area (Å²) in [5.74, 6) is 2.47. The molecule has 2 aromatic heterocycles. The maximum Gasteiger partial charge on any atom is 0.223 e. The van der Waals surface area contributed by atoms with E-state index in [2.05, 4.69) is 25.2 Å². The van der Waals surface area contributed by atoms with E-state index in [-0.39, 0.29) is 5.91 Å². The summed E-state index contributed by atoms with van der Waals surface area (Å²) in [6.07, 6.45) is 4.51. The van der Waals surface area contributed by atoms with Crippen LogP contribution in [0.1, 0.15) is 17.5 Å². The largest absolute Gasteiger partial charge is 0.353 e. The molecule has 4 rings (SSSR count). The quantitative estimate of drug-likeness (QED) is 0.632. The molecule has 3 heterocycles. The van der Waals surface area contributed by atoms with E-state index in [4.69, 9.17) is 11.6 Å². The van der Waals surface area contributed by atoms with Crippen molar-refractivity contribution in [1.29, 1.82) is 0 Å². The summed E-state index contributed by atoms with van der Waals surface area (Å²) in [5, 5.41) is 3.93. The standard InChI is InChI=1S/C23H25ClN6O/c1-17-7-8-25-20(13-17)28-21-15-22(27-16-26-21)29-9-11-30(12-10-29)23(31)6-5-18-3-2-4-19(24)14-18/h2-4,7-8,13-16H,5-6,9-12H2,1H3,(H,25,26,27,28). The Balaban J connectivity index is 1.30. The van der Waals surface area contributed by atoms with Crippen LogP contribution in [0.4, 0.5) is 17.5 Å². The van der Waals surface area contributed by atoms with Crippen LogP contribution in [0.15, 0.2) is 55.0 Å². The summed E-state index contributed by atoms with van der Waals surface area (Å²) >= 11 is 6.03. The fourth-order valence-corrected chi connectivity index (χ4v) is 3.82. The molecule has 31 heavy (non-hydrogen) atoms. The topological polar surface area (TPSA) is 74.2 Å². The third kappa shape index (κ3) is 5.70. The van der Waals surface area contributed by atoms with Gasteiger partial charge in [0.2, 0.25) is 5.91 Å². The van der Waals surface area contributed by atoms with Crippen molar-refractivity contribution < 1.29 is 4.79 Å². The molecule has 1 aliphatic rings. The third-order valence-electron chi connectivity index (χ3n) is 5.30. The number of hydrogen-bond acceptors (Lipinski definition) is 6. The van der Waals surface area contributed by atoms with Crippen LogP contribution in [0.3, 0.4) is 0 Å². The normalized spacial score (nSPS) is 13.9. The van der Waals surface area contributed by atoms with Gasteiger partial charge in [0.15, 0.2) is 0 Å². The van der Waals surface area contributed by atoms with Gasteiger partial charge in [-0.05, 0) is 48.7 Å². The summed E-state index contributed by atoms with van der Waals surface area (Å²) in [6.45, 7) is 4.86. The van der Waals surface area contributed by atoms with E-state index < -0.39 is 0 Å². The molecule has 1 fully saturated rings. The van der Waals surface area contributed by atoms with E-state index in [1.54, 1.807) is 12.5 Å². The highest BCUT2D eigenvalue weighted by Gasteiger charge is 2.22. The summed E-state index contributed by atoms with van der Waals surface area (Å²) in [5.41, 5.74) is 2.21. The molecule has 1 aromatic carbocycles. The fraction of sp³-hybridized carbons (Fsp3) is 0.304. The van der Waals surface area contributed by atoms with E-state index in [1.165, 1.54) is 0 Å². The number of rotatable bonds is 6. The van der Waals surface area contributed by atoms with E-state index in [1.807, 2.05) is 54.3 Å². The molecule has 1 amide bonds. The lowest BCUT2D eigenvalue weighted by atomic mass is 10.1. The van der Waals surface area contributed by atoms with Gasteiger partial charge in [-0.1, -0.05) is 23.7 Å². The van der Waals surface area contributed by atoms with Crippen molar-refractivity contribution in [2.75, 3.05) is 36.4 Å². The van der Waals surface area contributed by atoms with Gasteiger partial charge in [0.1, 0.15) is 23.8 Å². The highest BCUT2D eigenvalue weighted by molar-refractivity contribution is 6.30. The van der Waals surface area contributed by atoms with Crippen LogP contribution in [0, 0.1) is 6.92 Å².